The number of nitrogens with zero attached hydrogens (tertiary/aromatic N) is 3. The van der Waals surface area contributed by atoms with Gasteiger partial charge < -0.3 is 14.8 Å². The number of rotatable bonds is 8. The fraction of sp³-hybridized carbons (Fsp3) is 0.174. The average molecular weight is 435 g/mol. The van der Waals surface area contributed by atoms with E-state index in [2.05, 4.69) is 15.4 Å². The van der Waals surface area contributed by atoms with E-state index in [9.17, 15) is 4.79 Å². The first-order chi connectivity index (χ1) is 15.2. The molecule has 4 aromatic rings. The number of anilines is 1. The molecule has 0 bridgehead atoms. The largest absolute Gasteiger partial charge is 0.493 e. The quantitative estimate of drug-likeness (QED) is 0.439. The Morgan fingerprint density at radius 3 is 2.52 bits per heavy atom. The highest BCUT2D eigenvalue weighted by Crippen LogP contribution is 2.28. The van der Waals surface area contributed by atoms with Crippen molar-refractivity contribution in [3.05, 3.63) is 77.2 Å². The molecule has 2 aromatic heterocycles. The summed E-state index contributed by atoms with van der Waals surface area (Å²) in [5, 5.41) is 9.69. The molecular weight excluding hydrogens is 412 g/mol. The maximum Gasteiger partial charge on any atom is 0.254 e. The van der Waals surface area contributed by atoms with Crippen molar-refractivity contribution in [1.82, 2.24) is 14.8 Å². The number of nitrogens with one attached hydrogen (secondary N) is 1. The molecule has 158 valence electrons. The van der Waals surface area contributed by atoms with Crippen molar-refractivity contribution in [1.29, 1.82) is 0 Å². The normalized spacial score (nSPS) is 10.6. The Morgan fingerprint density at radius 1 is 1.00 bits per heavy atom. The fourth-order valence-corrected chi connectivity index (χ4v) is 3.78. The van der Waals surface area contributed by atoms with Crippen LogP contribution in [-0.4, -0.2) is 34.9 Å². The zero-order valence-corrected chi connectivity index (χ0v) is 18.1. The van der Waals surface area contributed by atoms with Gasteiger partial charge in [0.1, 0.15) is 0 Å². The van der Waals surface area contributed by atoms with Gasteiger partial charge in [0.25, 0.3) is 5.91 Å². The summed E-state index contributed by atoms with van der Waals surface area (Å²) in [6, 6.07) is 19.2. The highest BCUT2D eigenvalue weighted by Gasteiger charge is 2.19. The van der Waals surface area contributed by atoms with Gasteiger partial charge in [0.15, 0.2) is 17.3 Å². The number of ether oxygens (including phenoxy) is 2. The van der Waals surface area contributed by atoms with Gasteiger partial charge in [-0.15, -0.1) is 16.4 Å². The molecule has 2 heterocycles. The first-order valence-corrected chi connectivity index (χ1v) is 10.6. The Labute approximate surface area is 184 Å². The Kier molecular flexibility index (Phi) is 6.28. The second-order valence-electron chi connectivity index (χ2n) is 6.75. The summed E-state index contributed by atoms with van der Waals surface area (Å²) in [4.78, 5) is 18.6. The summed E-state index contributed by atoms with van der Waals surface area (Å²) in [5.41, 5.74) is 1.88. The standard InChI is InChI=1S/C23H22N4O3S/c1-29-18-11-10-17(13-19(18)30-2)14-21(28)27-23(24-15-16-7-4-3-5-8-16)25-22(26-27)20-9-6-12-31-20/h3-13H,14-15H2,1-2H3,(H,24,25,26). The molecular formula is C23H22N4O3S. The summed E-state index contributed by atoms with van der Waals surface area (Å²) >= 11 is 1.53. The van der Waals surface area contributed by atoms with Crippen LogP contribution in [0.3, 0.4) is 0 Å². The molecule has 1 N–H and O–H groups in total. The van der Waals surface area contributed by atoms with E-state index in [4.69, 9.17) is 9.47 Å². The molecule has 0 saturated heterocycles. The molecule has 0 unspecified atom stereocenters. The van der Waals surface area contributed by atoms with Gasteiger partial charge in [0.05, 0.1) is 25.5 Å². The van der Waals surface area contributed by atoms with E-state index < -0.39 is 0 Å². The predicted molar refractivity (Wildman–Crippen MR) is 121 cm³/mol. The highest BCUT2D eigenvalue weighted by molar-refractivity contribution is 7.13. The van der Waals surface area contributed by atoms with Crippen molar-refractivity contribution in [2.24, 2.45) is 0 Å². The van der Waals surface area contributed by atoms with E-state index in [1.165, 1.54) is 16.0 Å². The van der Waals surface area contributed by atoms with Gasteiger partial charge in [-0.1, -0.05) is 42.5 Å². The first kappa shape index (κ1) is 20.6. The Balaban J connectivity index is 1.60. The molecule has 0 saturated carbocycles. The van der Waals surface area contributed by atoms with Crippen molar-refractivity contribution in [3.63, 3.8) is 0 Å². The van der Waals surface area contributed by atoms with Gasteiger partial charge in [-0.05, 0) is 34.7 Å². The molecule has 0 fully saturated rings. The predicted octanol–water partition coefficient (Wildman–Crippen LogP) is 4.52. The molecule has 0 aliphatic rings. The lowest BCUT2D eigenvalue weighted by Gasteiger charge is -2.10. The first-order valence-electron chi connectivity index (χ1n) is 9.71. The molecule has 2 aromatic carbocycles. The molecule has 0 aliphatic heterocycles. The van der Waals surface area contributed by atoms with Gasteiger partial charge >= 0.3 is 0 Å². The average Bonchev–Trinajstić information content (AvgIpc) is 3.48. The third-order valence-electron chi connectivity index (χ3n) is 4.68. The van der Waals surface area contributed by atoms with Crippen LogP contribution in [0, 0.1) is 0 Å². The Morgan fingerprint density at radius 2 is 1.81 bits per heavy atom. The molecule has 4 rings (SSSR count). The van der Waals surface area contributed by atoms with E-state index >= 15 is 0 Å². The molecule has 8 heteroatoms. The molecule has 7 nitrogen and oxygen atoms in total. The minimum Gasteiger partial charge on any atom is -0.493 e. The molecule has 0 radical (unpaired) electrons. The molecule has 31 heavy (non-hydrogen) atoms. The van der Waals surface area contributed by atoms with E-state index in [-0.39, 0.29) is 12.3 Å². The summed E-state index contributed by atoms with van der Waals surface area (Å²) in [6.45, 7) is 0.535. The smallest absolute Gasteiger partial charge is 0.254 e. The minimum atomic E-state index is -0.196. The lowest BCUT2D eigenvalue weighted by Crippen LogP contribution is -2.18. The Bertz CT molecular complexity index is 1160. The number of methoxy groups -OCH3 is 2. The van der Waals surface area contributed by atoms with E-state index in [0.717, 1.165) is 16.0 Å². The number of hydrogen-bond donors (Lipinski definition) is 1. The van der Waals surface area contributed by atoms with Crippen LogP contribution in [0.4, 0.5) is 5.95 Å². The summed E-state index contributed by atoms with van der Waals surface area (Å²) in [6.07, 6.45) is 0.146. The molecule has 0 spiro atoms. The number of carbonyl (C=O) groups is 1. The van der Waals surface area contributed by atoms with E-state index in [1.54, 1.807) is 26.4 Å². The third-order valence-corrected chi connectivity index (χ3v) is 5.55. The van der Waals surface area contributed by atoms with Gasteiger partial charge in [-0.2, -0.15) is 9.67 Å². The number of benzene rings is 2. The summed E-state index contributed by atoms with van der Waals surface area (Å²) < 4.78 is 12.0. The van der Waals surface area contributed by atoms with Crippen molar-refractivity contribution >= 4 is 23.2 Å². The fourth-order valence-electron chi connectivity index (χ4n) is 3.13. The maximum absolute atomic E-state index is 13.1. The highest BCUT2D eigenvalue weighted by atomic mass is 32.1. The molecule has 0 atom stereocenters. The molecule has 0 aliphatic carbocycles. The summed E-state index contributed by atoms with van der Waals surface area (Å²) in [5.74, 6) is 1.93. The van der Waals surface area contributed by atoms with Crippen LogP contribution >= 0.6 is 11.3 Å². The van der Waals surface area contributed by atoms with Crippen LogP contribution in [0.2, 0.25) is 0 Å². The van der Waals surface area contributed by atoms with Crippen LogP contribution in [0.5, 0.6) is 11.5 Å². The number of thiophene rings is 1. The Hall–Kier alpha value is -3.65. The zero-order valence-electron chi connectivity index (χ0n) is 17.2. The van der Waals surface area contributed by atoms with Crippen LogP contribution in [0.1, 0.15) is 15.9 Å². The summed E-state index contributed by atoms with van der Waals surface area (Å²) in [7, 11) is 3.15. The van der Waals surface area contributed by atoms with Gasteiger partial charge in [-0.25, -0.2) is 0 Å². The van der Waals surface area contributed by atoms with Gasteiger partial charge in [0, 0.05) is 6.54 Å². The zero-order chi connectivity index (χ0) is 21.6. The van der Waals surface area contributed by atoms with Crippen molar-refractivity contribution in [2.75, 3.05) is 19.5 Å². The van der Waals surface area contributed by atoms with Gasteiger partial charge in [-0.3, -0.25) is 4.79 Å². The second-order valence-corrected chi connectivity index (χ2v) is 7.69. The monoisotopic (exact) mass is 434 g/mol. The van der Waals surface area contributed by atoms with Crippen LogP contribution < -0.4 is 14.8 Å². The van der Waals surface area contributed by atoms with E-state index in [0.29, 0.717) is 29.8 Å². The topological polar surface area (TPSA) is 78.3 Å². The van der Waals surface area contributed by atoms with Crippen molar-refractivity contribution in [2.45, 2.75) is 13.0 Å². The number of aromatic nitrogens is 3. The third kappa shape index (κ3) is 4.75. The van der Waals surface area contributed by atoms with Gasteiger partial charge in [0.2, 0.25) is 5.95 Å². The lowest BCUT2D eigenvalue weighted by atomic mass is 10.1. The lowest BCUT2D eigenvalue weighted by molar-refractivity contribution is 0.0901. The number of carbonyl (C=O) groups excluding carboxylic acids is 1. The molecule has 0 amide bonds. The van der Waals surface area contributed by atoms with Crippen LogP contribution in [-0.2, 0) is 13.0 Å². The minimum absolute atomic E-state index is 0.146. The van der Waals surface area contributed by atoms with E-state index in [1.807, 2.05) is 53.9 Å². The van der Waals surface area contributed by atoms with Crippen molar-refractivity contribution in [3.8, 4) is 22.2 Å². The van der Waals surface area contributed by atoms with Crippen LogP contribution in [0.15, 0.2) is 66.0 Å². The SMILES string of the molecule is COc1ccc(CC(=O)n2nc(-c3cccs3)nc2NCc2ccccc2)cc1OC. The number of hydrogen-bond acceptors (Lipinski definition) is 7. The maximum atomic E-state index is 13.1. The van der Waals surface area contributed by atoms with Crippen molar-refractivity contribution < 1.29 is 14.3 Å². The van der Waals surface area contributed by atoms with Crippen LogP contribution in [0.25, 0.3) is 10.7 Å². The second kappa shape index (κ2) is 9.44.